The highest BCUT2D eigenvalue weighted by molar-refractivity contribution is 9.10. The van der Waals surface area contributed by atoms with Crippen LogP contribution in [0.4, 0.5) is 14.6 Å². The lowest BCUT2D eigenvalue weighted by molar-refractivity contribution is -0.391. The maximum Gasteiger partial charge on any atom is 0.373 e. The van der Waals surface area contributed by atoms with Crippen LogP contribution in [0, 0.1) is 10.1 Å². The maximum atomic E-state index is 12.6. The second kappa shape index (κ2) is 5.80. The van der Waals surface area contributed by atoms with E-state index in [1.807, 2.05) is 0 Å². The number of rotatable bonds is 4. The fourth-order valence-corrected chi connectivity index (χ4v) is 1.60. The van der Waals surface area contributed by atoms with Crippen molar-refractivity contribution in [3.8, 4) is 0 Å². The van der Waals surface area contributed by atoms with Crippen LogP contribution in [0.15, 0.2) is 10.7 Å². The van der Waals surface area contributed by atoms with Crippen molar-refractivity contribution in [2.75, 3.05) is 6.61 Å². The zero-order chi connectivity index (χ0) is 13.9. The minimum atomic E-state index is -3.11. The van der Waals surface area contributed by atoms with Gasteiger partial charge in [-0.1, -0.05) is 0 Å². The van der Waals surface area contributed by atoms with Gasteiger partial charge in [0.25, 0.3) is 6.43 Å². The average Bonchev–Trinajstić information content (AvgIpc) is 2.28. The smallest absolute Gasteiger partial charge is 0.373 e. The monoisotopic (exact) mass is 324 g/mol. The highest BCUT2D eigenvalue weighted by Gasteiger charge is 2.29. The number of hydrogen-bond acceptors (Lipinski definition) is 5. The van der Waals surface area contributed by atoms with Crippen molar-refractivity contribution in [2.45, 2.75) is 13.3 Å². The van der Waals surface area contributed by atoms with Gasteiger partial charge in [0.15, 0.2) is 0 Å². The minimum absolute atomic E-state index is 0.0479. The van der Waals surface area contributed by atoms with Crippen LogP contribution in [0.3, 0.4) is 0 Å². The van der Waals surface area contributed by atoms with Gasteiger partial charge in [-0.2, -0.15) is 0 Å². The molecule has 0 saturated heterocycles. The van der Waals surface area contributed by atoms with E-state index in [2.05, 4.69) is 25.7 Å². The van der Waals surface area contributed by atoms with Gasteiger partial charge in [-0.05, 0) is 22.9 Å². The number of ether oxygens (including phenoxy) is 1. The van der Waals surface area contributed by atoms with Crippen LogP contribution < -0.4 is 0 Å². The Hall–Kier alpha value is -1.64. The number of esters is 1. The van der Waals surface area contributed by atoms with Gasteiger partial charge in [0.1, 0.15) is 11.1 Å². The third-order valence-corrected chi connectivity index (χ3v) is 2.49. The quantitative estimate of drug-likeness (QED) is 0.368. The molecule has 0 aliphatic rings. The molecule has 0 bridgehead atoms. The molecule has 98 valence electrons. The Morgan fingerprint density at radius 3 is 2.72 bits per heavy atom. The van der Waals surface area contributed by atoms with Crippen LogP contribution in [0.1, 0.15) is 29.3 Å². The molecule has 1 rings (SSSR count). The second-order valence-electron chi connectivity index (χ2n) is 3.02. The first-order valence-corrected chi connectivity index (χ1v) is 5.47. The topological polar surface area (TPSA) is 82.3 Å². The Bertz CT molecular complexity index is 496. The number of halogens is 3. The first kappa shape index (κ1) is 14.4. The lowest BCUT2D eigenvalue weighted by Gasteiger charge is -2.05. The molecule has 0 aromatic carbocycles. The third kappa shape index (κ3) is 2.97. The molecule has 0 unspecified atom stereocenters. The lowest BCUT2D eigenvalue weighted by Crippen LogP contribution is -2.09. The summed E-state index contributed by atoms with van der Waals surface area (Å²) in [6, 6.07) is 0.706. The molecule has 0 N–H and O–H groups in total. The molecule has 0 aliphatic carbocycles. The van der Waals surface area contributed by atoms with E-state index in [-0.39, 0.29) is 16.8 Å². The fraction of sp³-hybridized carbons (Fsp3) is 0.333. The van der Waals surface area contributed by atoms with Gasteiger partial charge in [-0.25, -0.2) is 13.6 Å². The SMILES string of the molecule is CCOC(=O)c1cc(C(F)F)c([N+](=O)[O-])nc1Br. The number of carbonyl (C=O) groups excluding carboxylic acids is 1. The molecule has 0 spiro atoms. The highest BCUT2D eigenvalue weighted by atomic mass is 79.9. The number of nitro groups is 1. The Morgan fingerprint density at radius 2 is 2.28 bits per heavy atom. The predicted molar refractivity (Wildman–Crippen MR) is 59.5 cm³/mol. The standard InChI is InChI=1S/C9H7BrF2N2O4/c1-2-18-9(15)4-3-5(7(11)12)8(14(16)17)13-6(4)10/h3,7H,2H2,1H3. The molecular weight excluding hydrogens is 318 g/mol. The number of aromatic nitrogens is 1. The molecular formula is C9H7BrF2N2O4. The summed E-state index contributed by atoms with van der Waals surface area (Å²) in [6.45, 7) is 1.59. The van der Waals surface area contributed by atoms with Crippen molar-refractivity contribution in [3.63, 3.8) is 0 Å². The molecule has 1 aromatic rings. The largest absolute Gasteiger partial charge is 0.462 e. The summed E-state index contributed by atoms with van der Waals surface area (Å²) >= 11 is 2.81. The number of nitrogens with zero attached hydrogens (tertiary/aromatic N) is 2. The van der Waals surface area contributed by atoms with E-state index in [1.54, 1.807) is 6.92 Å². The fourth-order valence-electron chi connectivity index (χ4n) is 1.16. The Kier molecular flexibility index (Phi) is 4.65. The van der Waals surface area contributed by atoms with E-state index in [0.717, 1.165) is 0 Å². The number of carbonyl (C=O) groups is 1. The van der Waals surface area contributed by atoms with E-state index in [4.69, 9.17) is 0 Å². The molecule has 18 heavy (non-hydrogen) atoms. The molecule has 1 aromatic heterocycles. The van der Waals surface area contributed by atoms with Gasteiger partial charge in [0.2, 0.25) is 4.60 Å². The van der Waals surface area contributed by atoms with E-state index in [0.29, 0.717) is 6.07 Å². The zero-order valence-corrected chi connectivity index (χ0v) is 10.6. The number of pyridine rings is 1. The zero-order valence-electron chi connectivity index (χ0n) is 9.02. The van der Waals surface area contributed by atoms with E-state index >= 15 is 0 Å². The molecule has 1 heterocycles. The summed E-state index contributed by atoms with van der Waals surface area (Å²) in [5.41, 5.74) is -1.20. The molecule has 9 heteroatoms. The van der Waals surface area contributed by atoms with E-state index in [9.17, 15) is 23.7 Å². The normalized spacial score (nSPS) is 10.5. The van der Waals surface area contributed by atoms with Gasteiger partial charge >= 0.3 is 11.8 Å². The number of hydrogen-bond donors (Lipinski definition) is 0. The summed E-state index contributed by atoms with van der Waals surface area (Å²) in [7, 11) is 0. The molecule has 0 amide bonds. The number of alkyl halides is 2. The van der Waals surface area contributed by atoms with Crippen LogP contribution in [0.5, 0.6) is 0 Å². The van der Waals surface area contributed by atoms with Gasteiger partial charge < -0.3 is 14.9 Å². The van der Waals surface area contributed by atoms with E-state index in [1.165, 1.54) is 0 Å². The summed E-state index contributed by atoms with van der Waals surface area (Å²) in [6.07, 6.45) is -3.11. The maximum absolute atomic E-state index is 12.6. The van der Waals surface area contributed by atoms with Crippen LogP contribution in [0.25, 0.3) is 0 Å². The molecule has 0 radical (unpaired) electrons. The van der Waals surface area contributed by atoms with Crippen molar-refractivity contribution in [2.24, 2.45) is 0 Å². The lowest BCUT2D eigenvalue weighted by atomic mass is 10.2. The summed E-state index contributed by atoms with van der Waals surface area (Å²) in [5.74, 6) is -1.88. The first-order valence-electron chi connectivity index (χ1n) is 4.68. The molecule has 6 nitrogen and oxygen atoms in total. The summed E-state index contributed by atoms with van der Waals surface area (Å²) < 4.78 is 29.7. The van der Waals surface area contributed by atoms with Crippen LogP contribution in [-0.2, 0) is 4.74 Å². The van der Waals surface area contributed by atoms with Crippen molar-refractivity contribution < 1.29 is 23.2 Å². The van der Waals surface area contributed by atoms with Gasteiger partial charge in [0, 0.05) is 15.9 Å². The van der Waals surface area contributed by atoms with Crippen LogP contribution in [-0.4, -0.2) is 22.5 Å². The van der Waals surface area contributed by atoms with Crippen LogP contribution >= 0.6 is 15.9 Å². The van der Waals surface area contributed by atoms with Gasteiger partial charge in [-0.15, -0.1) is 0 Å². The molecule has 0 atom stereocenters. The summed E-state index contributed by atoms with van der Waals surface area (Å²) in [5, 5.41) is 10.6. The van der Waals surface area contributed by atoms with Crippen molar-refractivity contribution in [3.05, 3.63) is 31.9 Å². The third-order valence-electron chi connectivity index (χ3n) is 1.89. The van der Waals surface area contributed by atoms with Gasteiger partial charge in [-0.3, -0.25) is 0 Å². The van der Waals surface area contributed by atoms with Gasteiger partial charge in [0.05, 0.1) is 6.61 Å². The predicted octanol–water partition coefficient (Wildman–Crippen LogP) is 2.87. The highest BCUT2D eigenvalue weighted by Crippen LogP contribution is 2.31. The van der Waals surface area contributed by atoms with Crippen molar-refractivity contribution in [1.82, 2.24) is 4.98 Å². The van der Waals surface area contributed by atoms with E-state index < -0.39 is 28.7 Å². The molecule has 0 fully saturated rings. The molecule has 0 saturated carbocycles. The Morgan fingerprint density at radius 1 is 1.67 bits per heavy atom. The minimum Gasteiger partial charge on any atom is -0.462 e. The Balaban J connectivity index is 3.36. The Labute approximate surface area is 108 Å². The summed E-state index contributed by atoms with van der Waals surface area (Å²) in [4.78, 5) is 24.3. The first-order chi connectivity index (χ1) is 8.38. The second-order valence-corrected chi connectivity index (χ2v) is 3.77. The van der Waals surface area contributed by atoms with Crippen LogP contribution in [0.2, 0.25) is 0 Å². The van der Waals surface area contributed by atoms with Crippen molar-refractivity contribution in [1.29, 1.82) is 0 Å². The van der Waals surface area contributed by atoms with Crippen molar-refractivity contribution >= 4 is 27.7 Å². The molecule has 0 aliphatic heterocycles. The average molecular weight is 325 g/mol.